The molecule has 0 radical (unpaired) electrons. The maximum Gasteiger partial charge on any atom is 0.233 e. The molecule has 0 saturated heterocycles. The minimum absolute atomic E-state index is 0.0251. The molecule has 1 amide bonds. The molecular weight excluding hydrogens is 359 g/mol. The zero-order valence-electron chi connectivity index (χ0n) is 15.2. The molecule has 5 heteroatoms. The number of nitrogens with one attached hydrogen (secondary N) is 2. The molecule has 3 rings (SSSR count). The second kappa shape index (κ2) is 9.44. The van der Waals surface area contributed by atoms with E-state index >= 15 is 0 Å². The molecule has 1 aromatic heterocycles. The largest absolute Gasteiger partial charge is 0.355 e. The number of halogens is 1. The molecular formula is C22H23FN2OS. The van der Waals surface area contributed by atoms with E-state index in [1.165, 1.54) is 11.6 Å². The average Bonchev–Trinajstić information content (AvgIpc) is 3.19. The van der Waals surface area contributed by atoms with Crippen LogP contribution in [-0.2, 0) is 11.2 Å². The van der Waals surface area contributed by atoms with Crippen molar-refractivity contribution in [3.63, 3.8) is 0 Å². The summed E-state index contributed by atoms with van der Waals surface area (Å²) in [6.07, 6.45) is 0.477. The molecule has 0 aliphatic rings. The molecule has 140 valence electrons. The summed E-state index contributed by atoms with van der Waals surface area (Å²) in [5.41, 5.74) is 2.94. The molecule has 1 heterocycles. The first-order valence-electron chi connectivity index (χ1n) is 8.97. The summed E-state index contributed by atoms with van der Waals surface area (Å²) in [6, 6.07) is 19.0. The Kier molecular flexibility index (Phi) is 6.74. The minimum atomic E-state index is -0.234. The quantitative estimate of drug-likeness (QED) is 0.612. The Hall–Kier alpha value is -2.50. The van der Waals surface area contributed by atoms with Crippen molar-refractivity contribution in [2.24, 2.45) is 0 Å². The van der Waals surface area contributed by atoms with E-state index in [9.17, 15) is 9.18 Å². The normalized spacial score (nSPS) is 11.9. The van der Waals surface area contributed by atoms with Crippen LogP contribution in [0.4, 0.5) is 4.39 Å². The number of hydrogen-bond donors (Lipinski definition) is 2. The number of thiophene rings is 1. The highest BCUT2D eigenvalue weighted by Crippen LogP contribution is 2.26. The van der Waals surface area contributed by atoms with Crippen LogP contribution in [0.15, 0.2) is 66.0 Å². The van der Waals surface area contributed by atoms with Crippen LogP contribution in [0.1, 0.15) is 27.6 Å². The van der Waals surface area contributed by atoms with E-state index < -0.39 is 0 Å². The van der Waals surface area contributed by atoms with Gasteiger partial charge in [0.15, 0.2) is 0 Å². The number of hydrogen-bond acceptors (Lipinski definition) is 3. The fraction of sp³-hybridized carbons (Fsp3) is 0.227. The van der Waals surface area contributed by atoms with Crippen molar-refractivity contribution < 1.29 is 9.18 Å². The van der Waals surface area contributed by atoms with Crippen LogP contribution >= 0.6 is 11.3 Å². The van der Waals surface area contributed by atoms with Crippen molar-refractivity contribution in [3.05, 3.63) is 93.4 Å². The summed E-state index contributed by atoms with van der Waals surface area (Å²) >= 11 is 1.66. The number of carbonyl (C=O) groups excluding carboxylic acids is 1. The Morgan fingerprint density at radius 2 is 1.85 bits per heavy atom. The highest BCUT2D eigenvalue weighted by Gasteiger charge is 2.16. The maximum absolute atomic E-state index is 13.6. The van der Waals surface area contributed by atoms with Crippen LogP contribution < -0.4 is 10.6 Å². The van der Waals surface area contributed by atoms with Crippen LogP contribution in [0.5, 0.6) is 0 Å². The van der Waals surface area contributed by atoms with Crippen molar-refractivity contribution in [2.45, 2.75) is 19.4 Å². The van der Waals surface area contributed by atoms with E-state index in [0.717, 1.165) is 10.4 Å². The van der Waals surface area contributed by atoms with Gasteiger partial charge in [0, 0.05) is 11.4 Å². The zero-order chi connectivity index (χ0) is 19.1. The van der Waals surface area contributed by atoms with Crippen molar-refractivity contribution in [2.75, 3.05) is 13.1 Å². The third kappa shape index (κ3) is 5.49. The van der Waals surface area contributed by atoms with Crippen LogP contribution in [0.25, 0.3) is 0 Å². The average molecular weight is 383 g/mol. The zero-order valence-corrected chi connectivity index (χ0v) is 16.1. The molecule has 0 bridgehead atoms. The lowest BCUT2D eigenvalue weighted by atomic mass is 10.0. The van der Waals surface area contributed by atoms with E-state index in [-0.39, 0.29) is 24.3 Å². The molecule has 0 unspecified atom stereocenters. The van der Waals surface area contributed by atoms with Gasteiger partial charge in [-0.2, -0.15) is 0 Å². The fourth-order valence-corrected chi connectivity index (χ4v) is 3.72. The first kappa shape index (κ1) is 19.3. The second-order valence-corrected chi connectivity index (χ2v) is 7.41. The molecule has 3 nitrogen and oxygen atoms in total. The molecule has 2 aromatic carbocycles. The Labute approximate surface area is 163 Å². The van der Waals surface area contributed by atoms with Gasteiger partial charge in [-0.15, -0.1) is 11.3 Å². The van der Waals surface area contributed by atoms with Gasteiger partial charge in [0.2, 0.25) is 5.91 Å². The summed E-state index contributed by atoms with van der Waals surface area (Å²) in [7, 11) is 0. The molecule has 0 aliphatic heterocycles. The molecule has 2 N–H and O–H groups in total. The highest BCUT2D eigenvalue weighted by atomic mass is 32.1. The predicted molar refractivity (Wildman–Crippen MR) is 108 cm³/mol. The van der Waals surface area contributed by atoms with E-state index in [2.05, 4.69) is 47.9 Å². The second-order valence-electron chi connectivity index (χ2n) is 6.43. The molecule has 27 heavy (non-hydrogen) atoms. The predicted octanol–water partition coefficient (Wildman–Crippen LogP) is 4.23. The van der Waals surface area contributed by atoms with Crippen molar-refractivity contribution in [3.8, 4) is 0 Å². The number of aryl methyl sites for hydroxylation is 1. The van der Waals surface area contributed by atoms with Gasteiger partial charge < -0.3 is 5.32 Å². The van der Waals surface area contributed by atoms with E-state index in [4.69, 9.17) is 0 Å². The van der Waals surface area contributed by atoms with Gasteiger partial charge in [-0.3, -0.25) is 10.1 Å². The van der Waals surface area contributed by atoms with Gasteiger partial charge in [-0.25, -0.2) is 4.39 Å². The Bertz CT molecular complexity index is 862. The molecule has 0 spiro atoms. The van der Waals surface area contributed by atoms with Gasteiger partial charge in [0.1, 0.15) is 5.82 Å². The van der Waals surface area contributed by atoms with Crippen LogP contribution in [0, 0.1) is 12.7 Å². The Morgan fingerprint density at radius 1 is 1.07 bits per heavy atom. The standard InChI is InChI=1S/C22H23FN2OS/c1-16-8-10-18(11-9-16)22(20-7-4-14-27-20)25-15-21(26)24-13-12-17-5-2-3-6-19(17)23/h2-11,14,22,25H,12-13,15H2,1H3,(H,24,26)/t22-/m1/s1. The van der Waals surface area contributed by atoms with E-state index in [1.54, 1.807) is 29.5 Å². The lowest BCUT2D eigenvalue weighted by molar-refractivity contribution is -0.120. The third-order valence-corrected chi connectivity index (χ3v) is 5.32. The summed E-state index contributed by atoms with van der Waals surface area (Å²) in [6.45, 7) is 2.67. The SMILES string of the molecule is Cc1ccc([C@@H](NCC(=O)NCCc2ccccc2F)c2cccs2)cc1. The van der Waals surface area contributed by atoms with Crippen LogP contribution in [-0.4, -0.2) is 19.0 Å². The van der Waals surface area contributed by atoms with Gasteiger partial charge in [0.05, 0.1) is 12.6 Å². The molecule has 0 aliphatic carbocycles. The Morgan fingerprint density at radius 3 is 2.56 bits per heavy atom. The molecule has 0 saturated carbocycles. The maximum atomic E-state index is 13.6. The summed E-state index contributed by atoms with van der Waals surface area (Å²) < 4.78 is 13.6. The van der Waals surface area contributed by atoms with Gasteiger partial charge >= 0.3 is 0 Å². The lowest BCUT2D eigenvalue weighted by Crippen LogP contribution is -2.36. The molecule has 3 aromatic rings. The molecule has 0 fully saturated rings. The smallest absolute Gasteiger partial charge is 0.233 e. The minimum Gasteiger partial charge on any atom is -0.355 e. The van der Waals surface area contributed by atoms with Gasteiger partial charge in [-0.05, 0) is 42.0 Å². The number of benzene rings is 2. The van der Waals surface area contributed by atoms with E-state index in [1.807, 2.05) is 11.4 Å². The Balaban J connectivity index is 1.54. The van der Waals surface area contributed by atoms with Crippen LogP contribution in [0.2, 0.25) is 0 Å². The number of amides is 1. The first-order chi connectivity index (χ1) is 13.1. The van der Waals surface area contributed by atoms with E-state index in [0.29, 0.717) is 18.5 Å². The first-order valence-corrected chi connectivity index (χ1v) is 9.85. The topological polar surface area (TPSA) is 41.1 Å². The lowest BCUT2D eigenvalue weighted by Gasteiger charge is -2.18. The third-order valence-electron chi connectivity index (χ3n) is 4.38. The highest BCUT2D eigenvalue weighted by molar-refractivity contribution is 7.10. The van der Waals surface area contributed by atoms with Gasteiger partial charge in [0.25, 0.3) is 0 Å². The summed E-state index contributed by atoms with van der Waals surface area (Å²) in [5.74, 6) is -0.331. The summed E-state index contributed by atoms with van der Waals surface area (Å²) in [4.78, 5) is 13.4. The van der Waals surface area contributed by atoms with Crippen molar-refractivity contribution >= 4 is 17.2 Å². The fourth-order valence-electron chi connectivity index (χ4n) is 2.89. The monoisotopic (exact) mass is 382 g/mol. The molecule has 1 atom stereocenters. The van der Waals surface area contributed by atoms with Crippen molar-refractivity contribution in [1.82, 2.24) is 10.6 Å². The summed E-state index contributed by atoms with van der Waals surface area (Å²) in [5, 5.41) is 8.23. The number of carbonyl (C=O) groups is 1. The van der Waals surface area contributed by atoms with Crippen molar-refractivity contribution in [1.29, 1.82) is 0 Å². The van der Waals surface area contributed by atoms with Crippen LogP contribution in [0.3, 0.4) is 0 Å². The number of rotatable bonds is 8. The van der Waals surface area contributed by atoms with Gasteiger partial charge in [-0.1, -0.05) is 54.1 Å².